The van der Waals surface area contributed by atoms with E-state index in [9.17, 15) is 0 Å². The third-order valence-electron chi connectivity index (χ3n) is 1.96. The molecule has 0 radical (unpaired) electrons. The second-order valence-electron chi connectivity index (χ2n) is 3.07. The standard InChI is InChI=1S/C7H6N2.C5H4IN/c1-2-4-7-6(3-1)8-5-9-7;6-5-3-1-2-4-7-5/h1-5H,(H,8,9);1-4H. The molecule has 1 aromatic carbocycles. The van der Waals surface area contributed by atoms with E-state index < -0.39 is 0 Å². The van der Waals surface area contributed by atoms with Gasteiger partial charge in [-0.15, -0.1) is 0 Å². The normalized spacial score (nSPS) is 9.56. The van der Waals surface area contributed by atoms with Crippen molar-refractivity contribution < 1.29 is 0 Å². The molecule has 3 aromatic rings. The number of aromatic nitrogens is 3. The van der Waals surface area contributed by atoms with Crippen molar-refractivity contribution in [2.45, 2.75) is 0 Å². The monoisotopic (exact) mass is 323 g/mol. The Hall–Kier alpha value is -1.43. The lowest BCUT2D eigenvalue weighted by Crippen LogP contribution is -1.71. The molecule has 4 heteroatoms. The number of hydrogen-bond acceptors (Lipinski definition) is 2. The van der Waals surface area contributed by atoms with E-state index in [1.54, 1.807) is 12.5 Å². The molecule has 0 spiro atoms. The van der Waals surface area contributed by atoms with E-state index in [0.29, 0.717) is 0 Å². The zero-order valence-electron chi connectivity index (χ0n) is 8.47. The summed E-state index contributed by atoms with van der Waals surface area (Å²) in [6.45, 7) is 0. The molecule has 16 heavy (non-hydrogen) atoms. The highest BCUT2D eigenvalue weighted by molar-refractivity contribution is 14.1. The fourth-order valence-electron chi connectivity index (χ4n) is 1.22. The van der Waals surface area contributed by atoms with Gasteiger partial charge in [-0.3, -0.25) is 4.98 Å². The first-order valence-corrected chi connectivity index (χ1v) is 5.89. The summed E-state index contributed by atoms with van der Waals surface area (Å²) in [6, 6.07) is 13.8. The first-order valence-electron chi connectivity index (χ1n) is 4.81. The first-order chi connectivity index (χ1) is 7.86. The lowest BCUT2D eigenvalue weighted by molar-refractivity contribution is 1.27. The average Bonchev–Trinajstić information content (AvgIpc) is 2.79. The second-order valence-corrected chi connectivity index (χ2v) is 4.18. The molecule has 80 valence electrons. The van der Waals surface area contributed by atoms with Crippen LogP contribution in [-0.2, 0) is 0 Å². The van der Waals surface area contributed by atoms with E-state index in [1.807, 2.05) is 42.5 Å². The molecule has 0 amide bonds. The molecular weight excluding hydrogens is 313 g/mol. The number of nitrogens with zero attached hydrogens (tertiary/aromatic N) is 2. The maximum Gasteiger partial charge on any atom is 0.101 e. The van der Waals surface area contributed by atoms with E-state index in [-0.39, 0.29) is 0 Å². The van der Waals surface area contributed by atoms with Crippen LogP contribution >= 0.6 is 22.6 Å². The highest BCUT2D eigenvalue weighted by Gasteiger charge is 1.88. The summed E-state index contributed by atoms with van der Waals surface area (Å²) < 4.78 is 1.04. The summed E-state index contributed by atoms with van der Waals surface area (Å²) in [4.78, 5) is 11.0. The number of pyridine rings is 1. The van der Waals surface area contributed by atoms with Gasteiger partial charge >= 0.3 is 0 Å². The van der Waals surface area contributed by atoms with Crippen LogP contribution < -0.4 is 0 Å². The van der Waals surface area contributed by atoms with Crippen molar-refractivity contribution in [2.24, 2.45) is 0 Å². The number of fused-ring (bicyclic) bond motifs is 1. The summed E-state index contributed by atoms with van der Waals surface area (Å²) in [5.41, 5.74) is 2.12. The largest absolute Gasteiger partial charge is 0.345 e. The third-order valence-corrected chi connectivity index (χ3v) is 2.59. The summed E-state index contributed by atoms with van der Waals surface area (Å²) in [5, 5.41) is 0. The van der Waals surface area contributed by atoms with E-state index >= 15 is 0 Å². The van der Waals surface area contributed by atoms with Crippen molar-refractivity contribution in [2.75, 3.05) is 0 Å². The molecule has 2 aromatic heterocycles. The number of rotatable bonds is 0. The number of para-hydroxylation sites is 2. The van der Waals surface area contributed by atoms with Crippen LogP contribution in [0.25, 0.3) is 11.0 Å². The van der Waals surface area contributed by atoms with Gasteiger partial charge in [-0.25, -0.2) is 4.98 Å². The van der Waals surface area contributed by atoms with Crippen molar-refractivity contribution in [1.82, 2.24) is 15.0 Å². The molecule has 3 nitrogen and oxygen atoms in total. The minimum Gasteiger partial charge on any atom is -0.345 e. The SMILES string of the molecule is Ic1ccccn1.c1ccc2[nH]cnc2c1. The molecule has 0 aliphatic heterocycles. The number of imidazole rings is 1. The Morgan fingerprint density at radius 3 is 2.38 bits per heavy atom. The Morgan fingerprint density at radius 1 is 0.938 bits per heavy atom. The van der Waals surface area contributed by atoms with Crippen molar-refractivity contribution >= 4 is 33.6 Å². The molecule has 0 aliphatic rings. The predicted molar refractivity (Wildman–Crippen MR) is 73.0 cm³/mol. The fraction of sp³-hybridized carbons (Fsp3) is 0. The van der Waals surface area contributed by atoms with Crippen LogP contribution in [0, 0.1) is 3.70 Å². The lowest BCUT2D eigenvalue weighted by atomic mass is 10.3. The van der Waals surface area contributed by atoms with Crippen LogP contribution in [0.1, 0.15) is 0 Å². The van der Waals surface area contributed by atoms with Gasteiger partial charge in [0.2, 0.25) is 0 Å². The highest BCUT2D eigenvalue weighted by atomic mass is 127. The van der Waals surface area contributed by atoms with Gasteiger partial charge < -0.3 is 4.98 Å². The Labute approximate surface area is 107 Å². The van der Waals surface area contributed by atoms with Crippen molar-refractivity contribution in [1.29, 1.82) is 0 Å². The first kappa shape index (κ1) is 11.1. The van der Waals surface area contributed by atoms with Crippen molar-refractivity contribution in [3.63, 3.8) is 0 Å². The molecule has 0 saturated carbocycles. The van der Waals surface area contributed by atoms with Crippen molar-refractivity contribution in [3.05, 3.63) is 58.7 Å². The van der Waals surface area contributed by atoms with Gasteiger partial charge in [-0.05, 0) is 46.9 Å². The summed E-state index contributed by atoms with van der Waals surface area (Å²) >= 11 is 2.17. The quantitative estimate of drug-likeness (QED) is 0.510. The van der Waals surface area contributed by atoms with Gasteiger partial charge in [0.25, 0.3) is 0 Å². The van der Waals surface area contributed by atoms with Crippen LogP contribution in [0.5, 0.6) is 0 Å². The second kappa shape index (κ2) is 5.60. The van der Waals surface area contributed by atoms with Crippen LogP contribution in [0.4, 0.5) is 0 Å². The Bertz CT molecular complexity index is 518. The molecule has 0 saturated heterocycles. The van der Waals surface area contributed by atoms with Gasteiger partial charge in [0.05, 0.1) is 17.4 Å². The van der Waals surface area contributed by atoms with Gasteiger partial charge in [0, 0.05) is 6.20 Å². The number of nitrogens with one attached hydrogen (secondary N) is 1. The molecule has 1 N–H and O–H groups in total. The summed E-state index contributed by atoms with van der Waals surface area (Å²) in [5.74, 6) is 0. The lowest BCUT2D eigenvalue weighted by Gasteiger charge is -1.81. The Morgan fingerprint density at radius 2 is 1.75 bits per heavy atom. The molecule has 0 aliphatic carbocycles. The average molecular weight is 323 g/mol. The van der Waals surface area contributed by atoms with Crippen LogP contribution in [0.3, 0.4) is 0 Å². The highest BCUT2D eigenvalue weighted by Crippen LogP contribution is 2.05. The molecule has 0 bridgehead atoms. The van der Waals surface area contributed by atoms with E-state index in [2.05, 4.69) is 37.5 Å². The Kier molecular flexibility index (Phi) is 3.87. The van der Waals surface area contributed by atoms with Crippen LogP contribution in [0.15, 0.2) is 55.0 Å². The predicted octanol–water partition coefficient (Wildman–Crippen LogP) is 3.25. The number of hydrogen-bond donors (Lipinski definition) is 1. The van der Waals surface area contributed by atoms with Crippen molar-refractivity contribution in [3.8, 4) is 0 Å². The molecule has 3 rings (SSSR count). The molecule has 2 heterocycles. The summed E-state index contributed by atoms with van der Waals surface area (Å²) in [6.07, 6.45) is 3.48. The maximum atomic E-state index is 4.06. The van der Waals surface area contributed by atoms with Crippen LogP contribution in [-0.4, -0.2) is 15.0 Å². The van der Waals surface area contributed by atoms with Gasteiger partial charge in [-0.1, -0.05) is 18.2 Å². The van der Waals surface area contributed by atoms with Crippen LogP contribution in [0.2, 0.25) is 0 Å². The topological polar surface area (TPSA) is 41.6 Å². The zero-order valence-corrected chi connectivity index (χ0v) is 10.6. The molecule has 0 fully saturated rings. The Balaban J connectivity index is 0.000000125. The minimum absolute atomic E-state index is 1.03. The zero-order chi connectivity index (χ0) is 11.2. The maximum absolute atomic E-state index is 4.06. The van der Waals surface area contributed by atoms with Gasteiger partial charge in [-0.2, -0.15) is 0 Å². The number of halogens is 1. The molecular formula is C12H10IN3. The smallest absolute Gasteiger partial charge is 0.101 e. The fourth-order valence-corrected chi connectivity index (χ4v) is 1.59. The molecule has 0 atom stereocenters. The molecule has 0 unspecified atom stereocenters. The van der Waals surface area contributed by atoms with Gasteiger partial charge in [0.1, 0.15) is 3.70 Å². The minimum atomic E-state index is 1.03. The van der Waals surface area contributed by atoms with E-state index in [1.165, 1.54) is 0 Å². The number of benzene rings is 1. The third kappa shape index (κ3) is 3.03. The number of H-pyrrole nitrogens is 1. The number of aromatic amines is 1. The van der Waals surface area contributed by atoms with E-state index in [4.69, 9.17) is 0 Å². The van der Waals surface area contributed by atoms with E-state index in [0.717, 1.165) is 14.7 Å². The van der Waals surface area contributed by atoms with Gasteiger partial charge in [0.15, 0.2) is 0 Å². The summed E-state index contributed by atoms with van der Waals surface area (Å²) in [7, 11) is 0.